The highest BCUT2D eigenvalue weighted by Gasteiger charge is 2.26. The van der Waals surface area contributed by atoms with E-state index in [1.807, 2.05) is 0 Å². The van der Waals surface area contributed by atoms with Crippen molar-refractivity contribution in [1.29, 1.82) is 0 Å². The normalized spacial score (nSPS) is 11.4. The summed E-state index contributed by atoms with van der Waals surface area (Å²) in [5.41, 5.74) is 1.28. The zero-order valence-electron chi connectivity index (χ0n) is 11.3. The summed E-state index contributed by atoms with van der Waals surface area (Å²) in [6, 6.07) is 8.22. The van der Waals surface area contributed by atoms with Crippen molar-refractivity contribution >= 4 is 5.78 Å². The van der Waals surface area contributed by atoms with Crippen molar-refractivity contribution in [2.75, 3.05) is 0 Å². The van der Waals surface area contributed by atoms with Gasteiger partial charge in [-0.1, -0.05) is 24.3 Å². The third-order valence-corrected chi connectivity index (χ3v) is 2.93. The molecule has 0 spiro atoms. The van der Waals surface area contributed by atoms with Crippen molar-refractivity contribution in [1.82, 2.24) is 9.97 Å². The molecular formula is C15H13F3N2O. The molecule has 1 aromatic carbocycles. The second kappa shape index (κ2) is 6.03. The number of hydrogen-bond acceptors (Lipinski definition) is 3. The van der Waals surface area contributed by atoms with Crippen LogP contribution in [0.25, 0.3) is 11.4 Å². The Bertz CT molecular complexity index is 653. The van der Waals surface area contributed by atoms with Gasteiger partial charge in [0.05, 0.1) is 0 Å². The minimum atomic E-state index is -4.22. The molecule has 0 fully saturated rings. The summed E-state index contributed by atoms with van der Waals surface area (Å²) in [6.07, 6.45) is -3.95. The van der Waals surface area contributed by atoms with Gasteiger partial charge in [-0.15, -0.1) is 0 Å². The van der Waals surface area contributed by atoms with E-state index in [1.54, 1.807) is 24.3 Å². The van der Waals surface area contributed by atoms with Crippen LogP contribution in [0.4, 0.5) is 13.2 Å². The Balaban J connectivity index is 2.32. The average Bonchev–Trinajstić information content (AvgIpc) is 2.45. The molecule has 0 saturated heterocycles. The molecule has 0 unspecified atom stereocenters. The summed E-state index contributed by atoms with van der Waals surface area (Å²) in [5, 5.41) is 0. The Kier molecular flexibility index (Phi) is 4.35. The summed E-state index contributed by atoms with van der Waals surface area (Å²) >= 11 is 0. The van der Waals surface area contributed by atoms with Crippen LogP contribution < -0.4 is 0 Å². The fourth-order valence-electron chi connectivity index (χ4n) is 1.92. The minimum Gasteiger partial charge on any atom is -0.294 e. The van der Waals surface area contributed by atoms with Crippen LogP contribution in [0.1, 0.15) is 29.4 Å². The minimum absolute atomic E-state index is 0.144. The van der Waals surface area contributed by atoms with Crippen molar-refractivity contribution in [2.24, 2.45) is 0 Å². The Labute approximate surface area is 119 Å². The van der Waals surface area contributed by atoms with E-state index in [-0.39, 0.29) is 18.0 Å². The molecule has 2 rings (SSSR count). The number of aromatic nitrogens is 2. The number of carbonyl (C=O) groups is 1. The van der Waals surface area contributed by atoms with E-state index in [2.05, 4.69) is 9.97 Å². The smallest absolute Gasteiger partial charge is 0.294 e. The molecule has 0 amide bonds. The van der Waals surface area contributed by atoms with Gasteiger partial charge in [-0.25, -0.2) is 9.97 Å². The molecule has 3 nitrogen and oxygen atoms in total. The summed E-state index contributed by atoms with van der Waals surface area (Å²) in [4.78, 5) is 19.8. The standard InChI is InChI=1S/C15H13F3N2O/c1-10(21)12-4-2-3-5-13(12)14-19-9-7-11(20-14)6-8-15(16,17)18/h2-5,7,9H,6,8H2,1H3. The number of alkyl halides is 3. The Morgan fingerprint density at radius 1 is 1.19 bits per heavy atom. The van der Waals surface area contributed by atoms with E-state index in [4.69, 9.17) is 0 Å². The first-order valence-corrected chi connectivity index (χ1v) is 6.36. The van der Waals surface area contributed by atoms with Crippen LogP contribution in [0.5, 0.6) is 0 Å². The van der Waals surface area contributed by atoms with Crippen molar-refractivity contribution < 1.29 is 18.0 Å². The van der Waals surface area contributed by atoms with Crippen molar-refractivity contribution in [3.63, 3.8) is 0 Å². The number of hydrogen-bond donors (Lipinski definition) is 0. The third-order valence-electron chi connectivity index (χ3n) is 2.93. The predicted molar refractivity (Wildman–Crippen MR) is 71.8 cm³/mol. The van der Waals surface area contributed by atoms with Crippen LogP contribution in [-0.4, -0.2) is 21.9 Å². The molecule has 0 saturated carbocycles. The summed E-state index contributed by atoms with van der Waals surface area (Å²) < 4.78 is 36.7. The van der Waals surface area contributed by atoms with Gasteiger partial charge in [-0.2, -0.15) is 13.2 Å². The molecule has 1 aromatic heterocycles. The SMILES string of the molecule is CC(=O)c1ccccc1-c1nccc(CCC(F)(F)F)n1. The molecule has 1 heterocycles. The van der Waals surface area contributed by atoms with Crippen LogP contribution in [0.3, 0.4) is 0 Å². The highest BCUT2D eigenvalue weighted by Crippen LogP contribution is 2.23. The molecule has 0 atom stereocenters. The van der Waals surface area contributed by atoms with Gasteiger partial charge < -0.3 is 0 Å². The lowest BCUT2D eigenvalue weighted by atomic mass is 10.0. The summed E-state index contributed by atoms with van der Waals surface area (Å²) in [6.45, 7) is 1.42. The average molecular weight is 294 g/mol. The molecule has 2 aromatic rings. The lowest BCUT2D eigenvalue weighted by Crippen LogP contribution is -2.09. The van der Waals surface area contributed by atoms with Crippen LogP contribution in [-0.2, 0) is 6.42 Å². The molecule has 21 heavy (non-hydrogen) atoms. The second-order valence-electron chi connectivity index (χ2n) is 4.59. The molecule has 6 heteroatoms. The van der Waals surface area contributed by atoms with Gasteiger partial charge in [0.15, 0.2) is 11.6 Å². The van der Waals surface area contributed by atoms with Gasteiger partial charge >= 0.3 is 6.18 Å². The van der Waals surface area contributed by atoms with Crippen LogP contribution in [0.2, 0.25) is 0 Å². The quantitative estimate of drug-likeness (QED) is 0.805. The summed E-state index contributed by atoms with van der Waals surface area (Å²) in [5.74, 6) is 0.121. The van der Waals surface area contributed by atoms with E-state index in [0.29, 0.717) is 16.8 Å². The third kappa shape index (κ3) is 4.11. The topological polar surface area (TPSA) is 42.9 Å². The van der Waals surface area contributed by atoms with Crippen molar-refractivity contribution in [3.05, 3.63) is 47.8 Å². The predicted octanol–water partition coefficient (Wildman–Crippen LogP) is 3.84. The number of carbonyl (C=O) groups excluding carboxylic acids is 1. The monoisotopic (exact) mass is 294 g/mol. The van der Waals surface area contributed by atoms with Gasteiger partial charge in [0.25, 0.3) is 0 Å². The van der Waals surface area contributed by atoms with Gasteiger partial charge in [-0.05, 0) is 19.4 Å². The Morgan fingerprint density at radius 2 is 1.90 bits per heavy atom. The second-order valence-corrected chi connectivity index (χ2v) is 4.59. The molecular weight excluding hydrogens is 281 g/mol. The number of benzene rings is 1. The van der Waals surface area contributed by atoms with Crippen molar-refractivity contribution in [2.45, 2.75) is 25.9 Å². The van der Waals surface area contributed by atoms with Crippen LogP contribution in [0.15, 0.2) is 36.5 Å². The molecule has 110 valence electrons. The maximum absolute atomic E-state index is 12.2. The van der Waals surface area contributed by atoms with E-state index >= 15 is 0 Å². The number of aryl methyl sites for hydroxylation is 1. The van der Waals surface area contributed by atoms with Gasteiger partial charge in [-0.3, -0.25) is 4.79 Å². The first-order chi connectivity index (χ1) is 9.87. The van der Waals surface area contributed by atoms with E-state index < -0.39 is 12.6 Å². The van der Waals surface area contributed by atoms with Gasteiger partial charge in [0, 0.05) is 29.4 Å². The molecule has 0 N–H and O–H groups in total. The number of Topliss-reactive ketones (excluding diaryl/α,β-unsaturated/α-hetero) is 1. The first-order valence-electron chi connectivity index (χ1n) is 6.36. The maximum atomic E-state index is 12.2. The van der Waals surface area contributed by atoms with E-state index in [1.165, 1.54) is 19.2 Å². The number of halogens is 3. The zero-order chi connectivity index (χ0) is 15.5. The number of rotatable bonds is 4. The molecule has 0 bridgehead atoms. The number of nitrogens with zero attached hydrogens (tertiary/aromatic N) is 2. The lowest BCUT2D eigenvalue weighted by Gasteiger charge is -2.08. The molecule has 0 aliphatic rings. The largest absolute Gasteiger partial charge is 0.389 e. The van der Waals surface area contributed by atoms with Crippen LogP contribution >= 0.6 is 0 Å². The lowest BCUT2D eigenvalue weighted by molar-refractivity contribution is -0.134. The van der Waals surface area contributed by atoms with Crippen LogP contribution in [0, 0.1) is 0 Å². The molecule has 0 aliphatic carbocycles. The fraction of sp³-hybridized carbons (Fsp3) is 0.267. The fourth-order valence-corrected chi connectivity index (χ4v) is 1.92. The van der Waals surface area contributed by atoms with Gasteiger partial charge in [0.1, 0.15) is 0 Å². The summed E-state index contributed by atoms with van der Waals surface area (Å²) in [7, 11) is 0. The molecule has 0 radical (unpaired) electrons. The first kappa shape index (κ1) is 15.2. The van der Waals surface area contributed by atoms with Gasteiger partial charge in [0.2, 0.25) is 0 Å². The van der Waals surface area contributed by atoms with E-state index in [9.17, 15) is 18.0 Å². The number of ketones is 1. The Hall–Kier alpha value is -2.24. The highest BCUT2D eigenvalue weighted by molar-refractivity contribution is 5.99. The zero-order valence-corrected chi connectivity index (χ0v) is 11.3. The highest BCUT2D eigenvalue weighted by atomic mass is 19.4. The Morgan fingerprint density at radius 3 is 2.57 bits per heavy atom. The van der Waals surface area contributed by atoms with Crippen molar-refractivity contribution in [3.8, 4) is 11.4 Å². The maximum Gasteiger partial charge on any atom is 0.389 e. The van der Waals surface area contributed by atoms with E-state index in [0.717, 1.165) is 0 Å². The molecule has 0 aliphatic heterocycles.